The van der Waals surface area contributed by atoms with Gasteiger partial charge in [-0.25, -0.2) is 0 Å². The molecule has 2 atom stereocenters. The summed E-state index contributed by atoms with van der Waals surface area (Å²) in [6, 6.07) is 6.04. The summed E-state index contributed by atoms with van der Waals surface area (Å²) in [6.07, 6.45) is 0.783. The molecule has 0 fully saturated rings. The molecule has 6 heteroatoms. The monoisotopic (exact) mass is 265 g/mol. The highest BCUT2D eigenvalue weighted by Crippen LogP contribution is 2.20. The fourth-order valence-corrected chi connectivity index (χ4v) is 1.59. The first-order chi connectivity index (χ1) is 8.95. The molecule has 1 rings (SSSR count). The van der Waals surface area contributed by atoms with Gasteiger partial charge in [-0.2, -0.15) is 0 Å². The van der Waals surface area contributed by atoms with Crippen LogP contribution >= 0.6 is 0 Å². The van der Waals surface area contributed by atoms with Crippen molar-refractivity contribution in [1.29, 1.82) is 0 Å². The Kier molecular flexibility index (Phi) is 5.44. The van der Waals surface area contributed by atoms with Gasteiger partial charge in [0.2, 0.25) is 5.91 Å². The summed E-state index contributed by atoms with van der Waals surface area (Å²) >= 11 is 0. The molecule has 0 aromatic heterocycles. The van der Waals surface area contributed by atoms with Gasteiger partial charge in [0.25, 0.3) is 5.69 Å². The number of benzene rings is 1. The van der Waals surface area contributed by atoms with Gasteiger partial charge in [-0.1, -0.05) is 19.1 Å². The zero-order chi connectivity index (χ0) is 14.4. The van der Waals surface area contributed by atoms with Gasteiger partial charge in [-0.05, 0) is 18.9 Å². The Labute approximate surface area is 112 Å². The van der Waals surface area contributed by atoms with Crippen LogP contribution in [-0.4, -0.2) is 23.4 Å². The van der Waals surface area contributed by atoms with E-state index in [1.165, 1.54) is 12.1 Å². The van der Waals surface area contributed by atoms with E-state index < -0.39 is 10.8 Å². The number of hydrogen-bond acceptors (Lipinski definition) is 4. The lowest BCUT2D eigenvalue weighted by molar-refractivity contribution is -0.384. The first-order valence-electron chi connectivity index (χ1n) is 6.23. The molecule has 0 saturated heterocycles. The molecule has 3 N–H and O–H groups in total. The zero-order valence-corrected chi connectivity index (χ0v) is 11.1. The minimum atomic E-state index is -0.471. The van der Waals surface area contributed by atoms with Gasteiger partial charge in [0.15, 0.2) is 0 Å². The van der Waals surface area contributed by atoms with Crippen LogP contribution in [0.1, 0.15) is 31.7 Å². The number of rotatable bonds is 6. The standard InChI is InChI=1S/C13H19N3O3/c1-3-11(14)8-15-13(17)9(2)10-5-4-6-12(7-10)16(18)19/h4-7,9,11H,3,8,14H2,1-2H3,(H,15,17). The van der Waals surface area contributed by atoms with Crippen LogP contribution in [0.4, 0.5) is 5.69 Å². The van der Waals surface area contributed by atoms with E-state index in [-0.39, 0.29) is 17.6 Å². The minimum absolute atomic E-state index is 0.0117. The van der Waals surface area contributed by atoms with Crippen LogP contribution in [0.3, 0.4) is 0 Å². The molecule has 1 amide bonds. The zero-order valence-electron chi connectivity index (χ0n) is 11.1. The number of amides is 1. The van der Waals surface area contributed by atoms with Crippen molar-refractivity contribution < 1.29 is 9.72 Å². The average molecular weight is 265 g/mol. The van der Waals surface area contributed by atoms with Crippen LogP contribution in [0.2, 0.25) is 0 Å². The Bertz CT molecular complexity index is 462. The largest absolute Gasteiger partial charge is 0.354 e. The fourth-order valence-electron chi connectivity index (χ4n) is 1.59. The second-order valence-corrected chi connectivity index (χ2v) is 4.49. The van der Waals surface area contributed by atoms with Crippen LogP contribution in [-0.2, 0) is 4.79 Å². The van der Waals surface area contributed by atoms with Crippen LogP contribution < -0.4 is 11.1 Å². The summed E-state index contributed by atoms with van der Waals surface area (Å²) in [7, 11) is 0. The summed E-state index contributed by atoms with van der Waals surface area (Å²) in [5.41, 5.74) is 6.33. The van der Waals surface area contributed by atoms with Gasteiger partial charge in [-0.3, -0.25) is 14.9 Å². The average Bonchev–Trinajstić information content (AvgIpc) is 2.43. The summed E-state index contributed by atoms with van der Waals surface area (Å²) in [5, 5.41) is 13.4. The fraction of sp³-hybridized carbons (Fsp3) is 0.462. The summed E-state index contributed by atoms with van der Waals surface area (Å²) < 4.78 is 0. The molecule has 6 nitrogen and oxygen atoms in total. The molecule has 0 aliphatic heterocycles. The lowest BCUT2D eigenvalue weighted by Gasteiger charge is -2.15. The maximum atomic E-state index is 11.9. The molecule has 104 valence electrons. The van der Waals surface area contributed by atoms with Crippen molar-refractivity contribution in [2.75, 3.05) is 6.54 Å². The second kappa shape index (κ2) is 6.84. The number of nitro groups is 1. The Morgan fingerprint density at radius 3 is 2.79 bits per heavy atom. The predicted molar refractivity (Wildman–Crippen MR) is 72.8 cm³/mol. The number of nitrogens with one attached hydrogen (secondary N) is 1. The van der Waals surface area contributed by atoms with E-state index in [4.69, 9.17) is 5.73 Å². The van der Waals surface area contributed by atoms with Crippen LogP contribution in [0, 0.1) is 10.1 Å². The molecule has 0 bridgehead atoms. The Morgan fingerprint density at radius 2 is 2.21 bits per heavy atom. The normalized spacial score (nSPS) is 13.6. The lowest BCUT2D eigenvalue weighted by Crippen LogP contribution is -2.38. The topological polar surface area (TPSA) is 98.3 Å². The van der Waals surface area contributed by atoms with Crippen molar-refractivity contribution in [3.8, 4) is 0 Å². The van der Waals surface area contributed by atoms with Crippen molar-refractivity contribution in [3.63, 3.8) is 0 Å². The van der Waals surface area contributed by atoms with E-state index in [0.717, 1.165) is 6.42 Å². The predicted octanol–water partition coefficient (Wildman–Crippen LogP) is 1.55. The third kappa shape index (κ3) is 4.33. The second-order valence-electron chi connectivity index (χ2n) is 4.49. The SMILES string of the molecule is CCC(N)CNC(=O)C(C)c1cccc([N+](=O)[O-])c1. The first-order valence-corrected chi connectivity index (χ1v) is 6.23. The molecule has 0 aliphatic carbocycles. The lowest BCUT2D eigenvalue weighted by atomic mass is 9.99. The van der Waals surface area contributed by atoms with Gasteiger partial charge >= 0.3 is 0 Å². The van der Waals surface area contributed by atoms with E-state index >= 15 is 0 Å². The smallest absolute Gasteiger partial charge is 0.269 e. The van der Waals surface area contributed by atoms with E-state index in [2.05, 4.69) is 5.32 Å². The highest BCUT2D eigenvalue weighted by Gasteiger charge is 2.17. The van der Waals surface area contributed by atoms with Gasteiger partial charge in [0.05, 0.1) is 10.8 Å². The molecule has 0 saturated carbocycles. The summed E-state index contributed by atoms with van der Waals surface area (Å²) in [5.74, 6) is -0.617. The molecule has 1 aromatic carbocycles. The Balaban J connectivity index is 2.71. The molecule has 19 heavy (non-hydrogen) atoms. The Morgan fingerprint density at radius 1 is 1.53 bits per heavy atom. The highest BCUT2D eigenvalue weighted by molar-refractivity contribution is 5.83. The molecule has 2 unspecified atom stereocenters. The van der Waals surface area contributed by atoms with Crippen molar-refractivity contribution in [2.24, 2.45) is 5.73 Å². The maximum Gasteiger partial charge on any atom is 0.269 e. The highest BCUT2D eigenvalue weighted by atomic mass is 16.6. The van der Waals surface area contributed by atoms with E-state index in [1.807, 2.05) is 6.92 Å². The molecular weight excluding hydrogens is 246 g/mol. The third-order valence-corrected chi connectivity index (χ3v) is 3.04. The number of nitro benzene ring substituents is 1. The van der Waals surface area contributed by atoms with Crippen molar-refractivity contribution in [1.82, 2.24) is 5.32 Å². The van der Waals surface area contributed by atoms with E-state index in [1.54, 1.807) is 19.1 Å². The van der Waals surface area contributed by atoms with E-state index in [9.17, 15) is 14.9 Å². The Hall–Kier alpha value is -1.95. The van der Waals surface area contributed by atoms with Crippen LogP contribution in [0.15, 0.2) is 24.3 Å². The van der Waals surface area contributed by atoms with Crippen LogP contribution in [0.5, 0.6) is 0 Å². The molecular formula is C13H19N3O3. The first kappa shape index (κ1) is 15.1. The van der Waals surface area contributed by atoms with Gasteiger partial charge < -0.3 is 11.1 Å². The third-order valence-electron chi connectivity index (χ3n) is 3.04. The quantitative estimate of drug-likeness (QED) is 0.602. The minimum Gasteiger partial charge on any atom is -0.354 e. The molecule has 0 aliphatic rings. The van der Waals surface area contributed by atoms with Crippen LogP contribution in [0.25, 0.3) is 0 Å². The van der Waals surface area contributed by atoms with Crippen molar-refractivity contribution in [2.45, 2.75) is 32.2 Å². The number of carbonyl (C=O) groups excluding carboxylic acids is 1. The molecule has 1 aromatic rings. The molecule has 0 heterocycles. The summed E-state index contributed by atoms with van der Waals surface area (Å²) in [6.45, 7) is 4.07. The number of nitrogens with zero attached hydrogens (tertiary/aromatic N) is 1. The van der Waals surface area contributed by atoms with Gasteiger partial charge in [0.1, 0.15) is 0 Å². The number of hydrogen-bond donors (Lipinski definition) is 2. The number of carbonyl (C=O) groups is 1. The van der Waals surface area contributed by atoms with E-state index in [0.29, 0.717) is 12.1 Å². The number of nitrogens with two attached hydrogens (primary N) is 1. The summed E-state index contributed by atoms with van der Waals surface area (Å²) in [4.78, 5) is 22.1. The van der Waals surface area contributed by atoms with Crippen molar-refractivity contribution >= 4 is 11.6 Å². The molecule has 0 spiro atoms. The van der Waals surface area contributed by atoms with Gasteiger partial charge in [0, 0.05) is 24.7 Å². The van der Waals surface area contributed by atoms with Crippen molar-refractivity contribution in [3.05, 3.63) is 39.9 Å². The maximum absolute atomic E-state index is 11.9. The van der Waals surface area contributed by atoms with Gasteiger partial charge in [-0.15, -0.1) is 0 Å². The molecule has 0 radical (unpaired) electrons. The number of non-ortho nitro benzene ring substituents is 1.